The molecule has 1 fully saturated rings. The third-order valence-corrected chi connectivity index (χ3v) is 3.02. The predicted octanol–water partition coefficient (Wildman–Crippen LogP) is 3.09. The lowest BCUT2D eigenvalue weighted by Crippen LogP contribution is -2.41. The normalized spacial score (nSPS) is 20.1. The number of rotatable bonds is 1. The fraction of sp³-hybridized carbons (Fsp3) is 0.462. The molecule has 0 saturated carbocycles. The number of piperidine rings is 1. The molecule has 0 aliphatic carbocycles. The van der Waals surface area contributed by atoms with Crippen LogP contribution in [-0.2, 0) is 0 Å². The lowest BCUT2D eigenvalue weighted by Gasteiger charge is -2.30. The van der Waals surface area contributed by atoms with E-state index in [9.17, 15) is 9.18 Å². The number of nitrogens with zero attached hydrogens (tertiary/aromatic N) is 1. The molecule has 1 saturated heterocycles. The van der Waals surface area contributed by atoms with Gasteiger partial charge in [0.05, 0.1) is 0 Å². The molecule has 1 aliphatic rings. The van der Waals surface area contributed by atoms with E-state index in [0.29, 0.717) is 11.6 Å². The summed E-state index contributed by atoms with van der Waals surface area (Å²) in [5.74, 6) is 0.205. The Labute approximate surface area is 101 Å². The average molecular weight is 236 g/mol. The second kappa shape index (κ2) is 5.17. The number of hydrogen-bond acceptors (Lipinski definition) is 1. The van der Waals surface area contributed by atoms with Gasteiger partial charge in [-0.2, -0.15) is 0 Å². The molecule has 17 heavy (non-hydrogen) atoms. The fourth-order valence-corrected chi connectivity index (χ4v) is 2.14. The maximum absolute atomic E-state index is 13.0. The predicted molar refractivity (Wildman–Crippen MR) is 65.4 cm³/mol. The van der Waals surface area contributed by atoms with E-state index >= 15 is 0 Å². The molecule has 2 amide bonds. The van der Waals surface area contributed by atoms with Gasteiger partial charge in [-0.1, -0.05) is 13.0 Å². The molecule has 0 spiro atoms. The van der Waals surface area contributed by atoms with Crippen molar-refractivity contribution in [1.29, 1.82) is 0 Å². The zero-order chi connectivity index (χ0) is 12.3. The zero-order valence-electron chi connectivity index (χ0n) is 9.95. The van der Waals surface area contributed by atoms with Crippen molar-refractivity contribution < 1.29 is 9.18 Å². The maximum atomic E-state index is 13.0. The molecule has 1 aromatic rings. The Morgan fingerprint density at radius 3 is 3.06 bits per heavy atom. The van der Waals surface area contributed by atoms with Gasteiger partial charge in [0.1, 0.15) is 5.82 Å². The summed E-state index contributed by atoms with van der Waals surface area (Å²) in [7, 11) is 0. The topological polar surface area (TPSA) is 32.3 Å². The van der Waals surface area contributed by atoms with Crippen LogP contribution in [0.25, 0.3) is 0 Å². The highest BCUT2D eigenvalue weighted by Gasteiger charge is 2.20. The van der Waals surface area contributed by atoms with E-state index < -0.39 is 0 Å². The minimum absolute atomic E-state index is 0.137. The van der Waals surface area contributed by atoms with Crippen molar-refractivity contribution in [2.45, 2.75) is 19.8 Å². The number of urea groups is 1. The molecule has 2 rings (SSSR count). The fourth-order valence-electron chi connectivity index (χ4n) is 2.14. The molecule has 0 bridgehead atoms. The Bertz CT molecular complexity index is 408. The first-order valence-corrected chi connectivity index (χ1v) is 5.96. The lowest BCUT2D eigenvalue weighted by molar-refractivity contribution is 0.182. The van der Waals surface area contributed by atoms with Gasteiger partial charge in [-0.05, 0) is 37.0 Å². The SMILES string of the molecule is CC1CCCN(C(=O)Nc2cccc(F)c2)C1. The smallest absolute Gasteiger partial charge is 0.321 e. The van der Waals surface area contributed by atoms with E-state index in [0.717, 1.165) is 19.5 Å². The van der Waals surface area contributed by atoms with E-state index in [4.69, 9.17) is 0 Å². The second-order valence-corrected chi connectivity index (χ2v) is 4.63. The van der Waals surface area contributed by atoms with Gasteiger partial charge >= 0.3 is 6.03 Å². The number of hydrogen-bond donors (Lipinski definition) is 1. The highest BCUT2D eigenvalue weighted by Crippen LogP contribution is 2.17. The molecule has 1 aliphatic heterocycles. The summed E-state index contributed by atoms with van der Waals surface area (Å²) in [6, 6.07) is 5.82. The van der Waals surface area contributed by atoms with Crippen molar-refractivity contribution in [3.63, 3.8) is 0 Å². The first-order valence-electron chi connectivity index (χ1n) is 5.96. The monoisotopic (exact) mass is 236 g/mol. The molecule has 3 nitrogen and oxygen atoms in total. The van der Waals surface area contributed by atoms with E-state index in [1.807, 2.05) is 0 Å². The van der Waals surface area contributed by atoms with Crippen molar-refractivity contribution in [2.75, 3.05) is 18.4 Å². The second-order valence-electron chi connectivity index (χ2n) is 4.63. The van der Waals surface area contributed by atoms with Crippen LogP contribution in [-0.4, -0.2) is 24.0 Å². The Kier molecular flexibility index (Phi) is 3.61. The van der Waals surface area contributed by atoms with Gasteiger partial charge in [0.2, 0.25) is 0 Å². The Balaban J connectivity index is 1.96. The highest BCUT2D eigenvalue weighted by atomic mass is 19.1. The third-order valence-electron chi connectivity index (χ3n) is 3.02. The van der Waals surface area contributed by atoms with Crippen molar-refractivity contribution >= 4 is 11.7 Å². The van der Waals surface area contributed by atoms with Crippen LogP contribution in [0.4, 0.5) is 14.9 Å². The van der Waals surface area contributed by atoms with Gasteiger partial charge in [0.15, 0.2) is 0 Å². The van der Waals surface area contributed by atoms with Crippen LogP contribution in [0.3, 0.4) is 0 Å². The summed E-state index contributed by atoms with van der Waals surface area (Å²) in [5.41, 5.74) is 0.508. The quantitative estimate of drug-likeness (QED) is 0.798. The van der Waals surface area contributed by atoms with Gasteiger partial charge < -0.3 is 10.2 Å². The van der Waals surface area contributed by atoms with Crippen LogP contribution >= 0.6 is 0 Å². The zero-order valence-corrected chi connectivity index (χ0v) is 9.95. The molecule has 0 radical (unpaired) electrons. The highest BCUT2D eigenvalue weighted by molar-refractivity contribution is 5.89. The first-order chi connectivity index (χ1) is 8.15. The molecule has 1 unspecified atom stereocenters. The molecule has 92 valence electrons. The van der Waals surface area contributed by atoms with E-state index in [2.05, 4.69) is 12.2 Å². The van der Waals surface area contributed by atoms with E-state index in [1.54, 1.807) is 17.0 Å². The van der Waals surface area contributed by atoms with Gasteiger partial charge in [0, 0.05) is 18.8 Å². The van der Waals surface area contributed by atoms with Crippen LogP contribution in [0.1, 0.15) is 19.8 Å². The number of benzene rings is 1. The average Bonchev–Trinajstić information content (AvgIpc) is 2.29. The van der Waals surface area contributed by atoms with E-state index in [1.165, 1.54) is 18.6 Å². The minimum atomic E-state index is -0.338. The lowest BCUT2D eigenvalue weighted by atomic mass is 10.0. The summed E-state index contributed by atoms with van der Waals surface area (Å²) in [6.07, 6.45) is 2.21. The number of anilines is 1. The summed E-state index contributed by atoms with van der Waals surface area (Å²) < 4.78 is 13.0. The number of carbonyl (C=O) groups is 1. The third kappa shape index (κ3) is 3.19. The minimum Gasteiger partial charge on any atom is -0.324 e. The summed E-state index contributed by atoms with van der Waals surface area (Å²) in [4.78, 5) is 13.7. The van der Waals surface area contributed by atoms with Gasteiger partial charge in [-0.3, -0.25) is 0 Å². The number of amides is 2. The van der Waals surface area contributed by atoms with Gasteiger partial charge in [-0.25, -0.2) is 9.18 Å². The standard InChI is InChI=1S/C13H17FN2O/c1-10-4-3-7-16(9-10)13(17)15-12-6-2-5-11(14)8-12/h2,5-6,8,10H,3-4,7,9H2,1H3,(H,15,17). The van der Waals surface area contributed by atoms with Crippen LogP contribution in [0.5, 0.6) is 0 Å². The Morgan fingerprint density at radius 1 is 1.53 bits per heavy atom. The largest absolute Gasteiger partial charge is 0.324 e. The molecule has 4 heteroatoms. The molecule has 0 aromatic heterocycles. The van der Waals surface area contributed by atoms with Crippen molar-refractivity contribution in [3.8, 4) is 0 Å². The van der Waals surface area contributed by atoms with Crippen molar-refractivity contribution in [2.24, 2.45) is 5.92 Å². The van der Waals surface area contributed by atoms with Crippen LogP contribution in [0, 0.1) is 11.7 Å². The molecular formula is C13H17FN2O. The molecule has 1 N–H and O–H groups in total. The molecule has 1 heterocycles. The van der Waals surface area contributed by atoms with Crippen LogP contribution in [0.15, 0.2) is 24.3 Å². The number of halogens is 1. The van der Waals surface area contributed by atoms with Gasteiger partial charge in [0.25, 0.3) is 0 Å². The number of nitrogens with one attached hydrogen (secondary N) is 1. The molecular weight excluding hydrogens is 219 g/mol. The molecule has 1 atom stereocenters. The van der Waals surface area contributed by atoms with E-state index in [-0.39, 0.29) is 11.8 Å². The Morgan fingerprint density at radius 2 is 2.35 bits per heavy atom. The first kappa shape index (κ1) is 11.9. The molecule has 1 aromatic carbocycles. The van der Waals surface area contributed by atoms with Crippen LogP contribution < -0.4 is 5.32 Å². The van der Waals surface area contributed by atoms with Gasteiger partial charge in [-0.15, -0.1) is 0 Å². The summed E-state index contributed by atoms with van der Waals surface area (Å²) in [5, 5.41) is 2.72. The maximum Gasteiger partial charge on any atom is 0.321 e. The number of carbonyl (C=O) groups excluding carboxylic acids is 1. The van der Waals surface area contributed by atoms with Crippen molar-refractivity contribution in [1.82, 2.24) is 4.90 Å². The Hall–Kier alpha value is -1.58. The summed E-state index contributed by atoms with van der Waals surface area (Å²) in [6.45, 7) is 3.70. The number of likely N-dealkylation sites (tertiary alicyclic amines) is 1. The summed E-state index contributed by atoms with van der Waals surface area (Å²) >= 11 is 0. The van der Waals surface area contributed by atoms with Crippen LogP contribution in [0.2, 0.25) is 0 Å². The van der Waals surface area contributed by atoms with Crippen molar-refractivity contribution in [3.05, 3.63) is 30.1 Å².